The molecule has 1 heterocycles. The average Bonchev–Trinajstić information content (AvgIpc) is 2.50. The van der Waals surface area contributed by atoms with Crippen molar-refractivity contribution in [3.8, 4) is 0 Å². The largest absolute Gasteiger partial charge is 0.463 e. The molecule has 0 aromatic carbocycles. The Bertz CT molecular complexity index is 725. The first-order valence-corrected chi connectivity index (χ1v) is 7.67. The SMILES string of the molecule is [2H]C([2H])(OC(C)=O)[C@H]1O[C@@]([2H])(OC(C)=O)[C@H](OC(C)=O)[C@@H](OC(C)=O)[C@@H]1OC(C)=O. The highest BCUT2D eigenvalue weighted by Gasteiger charge is 2.53. The molecule has 0 bridgehead atoms. The average molecular weight is 393 g/mol. The van der Waals surface area contributed by atoms with Gasteiger partial charge in [-0.1, -0.05) is 0 Å². The van der Waals surface area contributed by atoms with Gasteiger partial charge in [0, 0.05) is 34.6 Å². The van der Waals surface area contributed by atoms with Gasteiger partial charge in [0.2, 0.25) is 12.4 Å². The summed E-state index contributed by atoms with van der Waals surface area (Å²) in [7, 11) is 0. The molecule has 0 aromatic heterocycles. The predicted molar refractivity (Wildman–Crippen MR) is 83.7 cm³/mol. The topological polar surface area (TPSA) is 141 Å². The van der Waals surface area contributed by atoms with Gasteiger partial charge in [0.25, 0.3) is 0 Å². The maximum atomic E-state index is 11.6. The van der Waals surface area contributed by atoms with E-state index >= 15 is 0 Å². The Morgan fingerprint density at radius 1 is 0.741 bits per heavy atom. The first-order chi connectivity index (χ1) is 13.6. The Kier molecular flexibility index (Phi) is 6.46. The minimum atomic E-state index is -3.06. The van der Waals surface area contributed by atoms with Crippen LogP contribution >= 0.6 is 0 Å². The summed E-state index contributed by atoms with van der Waals surface area (Å²) in [6.07, 6.45) is -10.8. The fourth-order valence-corrected chi connectivity index (χ4v) is 2.13. The number of carbonyl (C=O) groups excluding carboxylic acids is 5. The maximum absolute atomic E-state index is 11.6. The first kappa shape index (κ1) is 17.7. The second kappa shape index (κ2) is 9.86. The molecule has 27 heavy (non-hydrogen) atoms. The van der Waals surface area contributed by atoms with Crippen LogP contribution in [0.1, 0.15) is 38.7 Å². The van der Waals surface area contributed by atoms with Crippen molar-refractivity contribution in [1.29, 1.82) is 0 Å². The molecule has 5 atom stereocenters. The van der Waals surface area contributed by atoms with Crippen molar-refractivity contribution < 1.29 is 56.5 Å². The van der Waals surface area contributed by atoms with Gasteiger partial charge >= 0.3 is 29.8 Å². The zero-order chi connectivity index (χ0) is 23.4. The fourth-order valence-electron chi connectivity index (χ4n) is 2.13. The molecule has 1 rings (SSSR count). The van der Waals surface area contributed by atoms with Crippen LogP contribution < -0.4 is 0 Å². The van der Waals surface area contributed by atoms with E-state index in [1.165, 1.54) is 0 Å². The molecule has 1 fully saturated rings. The lowest BCUT2D eigenvalue weighted by Crippen LogP contribution is -2.63. The minimum absolute atomic E-state index is 0.882. The van der Waals surface area contributed by atoms with Gasteiger partial charge in [-0.3, -0.25) is 24.0 Å². The van der Waals surface area contributed by atoms with Crippen molar-refractivity contribution in [3.05, 3.63) is 0 Å². The molecule has 0 spiro atoms. The lowest BCUT2D eigenvalue weighted by molar-refractivity contribution is -0.300. The Morgan fingerprint density at radius 3 is 1.63 bits per heavy atom. The van der Waals surface area contributed by atoms with Crippen LogP contribution in [-0.2, 0) is 52.4 Å². The quantitative estimate of drug-likeness (QED) is 0.431. The molecule has 11 nitrogen and oxygen atoms in total. The number of ether oxygens (including phenoxy) is 6. The van der Waals surface area contributed by atoms with E-state index in [9.17, 15) is 24.0 Å². The number of esters is 5. The molecular weight excluding hydrogens is 368 g/mol. The van der Waals surface area contributed by atoms with Crippen LogP contribution in [0.5, 0.6) is 0 Å². The summed E-state index contributed by atoms with van der Waals surface area (Å²) in [6.45, 7) is 1.53. The minimum Gasteiger partial charge on any atom is -0.463 e. The summed E-state index contributed by atoms with van der Waals surface area (Å²) in [5.41, 5.74) is 0. The molecule has 11 heteroatoms. The van der Waals surface area contributed by atoms with Crippen LogP contribution in [0, 0.1) is 0 Å². The van der Waals surface area contributed by atoms with E-state index in [0.717, 1.165) is 34.6 Å². The van der Waals surface area contributed by atoms with Crippen LogP contribution in [0.3, 0.4) is 0 Å². The third-order valence-corrected chi connectivity index (χ3v) is 2.86. The molecule has 1 saturated heterocycles. The van der Waals surface area contributed by atoms with Crippen LogP contribution in [0.15, 0.2) is 0 Å². The lowest BCUT2D eigenvalue weighted by Gasteiger charge is -2.43. The Hall–Kier alpha value is -2.69. The van der Waals surface area contributed by atoms with E-state index in [-0.39, 0.29) is 0 Å². The van der Waals surface area contributed by atoms with Gasteiger partial charge < -0.3 is 28.4 Å². The highest BCUT2D eigenvalue weighted by atomic mass is 16.7. The number of carbonyl (C=O) groups is 5. The van der Waals surface area contributed by atoms with Crippen molar-refractivity contribution in [2.24, 2.45) is 0 Å². The molecule has 1 aliphatic heterocycles. The maximum Gasteiger partial charge on any atom is 0.305 e. The van der Waals surface area contributed by atoms with Crippen molar-refractivity contribution >= 4 is 29.8 Å². The zero-order valence-electron chi connectivity index (χ0n) is 18.3. The van der Waals surface area contributed by atoms with Gasteiger partial charge in [0.1, 0.15) is 14.0 Å². The van der Waals surface area contributed by atoms with Crippen LogP contribution in [0.2, 0.25) is 0 Å². The summed E-state index contributed by atoms with van der Waals surface area (Å²) >= 11 is 0. The van der Waals surface area contributed by atoms with Crippen LogP contribution in [0.25, 0.3) is 0 Å². The van der Waals surface area contributed by atoms with Crippen LogP contribution in [-0.4, -0.2) is 67.1 Å². The summed E-state index contributed by atoms with van der Waals surface area (Å²) in [5.74, 6) is -5.18. The van der Waals surface area contributed by atoms with E-state index in [4.69, 9.17) is 27.8 Å². The van der Waals surface area contributed by atoms with Gasteiger partial charge in [-0.05, 0) is 0 Å². The molecule has 1 aliphatic rings. The second-order valence-corrected chi connectivity index (χ2v) is 5.34. The summed E-state index contributed by atoms with van der Waals surface area (Å²) in [6, 6.07) is 0. The Morgan fingerprint density at radius 2 is 1.19 bits per heavy atom. The molecular formula is C16H22O11. The van der Waals surface area contributed by atoms with Crippen molar-refractivity contribution in [2.45, 2.75) is 65.3 Å². The molecule has 0 saturated carbocycles. The fraction of sp³-hybridized carbons (Fsp3) is 0.688. The van der Waals surface area contributed by atoms with E-state index < -0.39 is 67.1 Å². The van der Waals surface area contributed by atoms with Crippen molar-refractivity contribution in [3.63, 3.8) is 0 Å². The van der Waals surface area contributed by atoms with Crippen molar-refractivity contribution in [2.75, 3.05) is 6.56 Å². The number of hydrogen-bond acceptors (Lipinski definition) is 11. The molecule has 0 N–H and O–H groups in total. The van der Waals surface area contributed by atoms with Gasteiger partial charge in [0.15, 0.2) is 12.2 Å². The molecule has 0 radical (unpaired) electrons. The normalized spacial score (nSPS) is 32.0. The van der Waals surface area contributed by atoms with E-state index in [1.807, 2.05) is 0 Å². The van der Waals surface area contributed by atoms with E-state index in [2.05, 4.69) is 4.74 Å². The molecule has 0 amide bonds. The van der Waals surface area contributed by atoms with Gasteiger partial charge in [-0.25, -0.2) is 0 Å². The van der Waals surface area contributed by atoms with Gasteiger partial charge in [-0.2, -0.15) is 0 Å². The Balaban J connectivity index is 3.65. The highest BCUT2D eigenvalue weighted by molar-refractivity contribution is 5.69. The smallest absolute Gasteiger partial charge is 0.305 e. The van der Waals surface area contributed by atoms with E-state index in [1.54, 1.807) is 0 Å². The number of hydrogen-bond donors (Lipinski definition) is 0. The van der Waals surface area contributed by atoms with Crippen molar-refractivity contribution in [1.82, 2.24) is 0 Å². The monoisotopic (exact) mass is 393 g/mol. The third-order valence-electron chi connectivity index (χ3n) is 2.86. The summed E-state index contributed by atoms with van der Waals surface area (Å²) in [4.78, 5) is 57.7. The summed E-state index contributed by atoms with van der Waals surface area (Å²) < 4.78 is 53.9. The van der Waals surface area contributed by atoms with Gasteiger partial charge in [-0.15, -0.1) is 0 Å². The van der Waals surface area contributed by atoms with Crippen LogP contribution in [0.4, 0.5) is 0 Å². The second-order valence-electron chi connectivity index (χ2n) is 5.34. The highest BCUT2D eigenvalue weighted by Crippen LogP contribution is 2.29. The lowest BCUT2D eigenvalue weighted by atomic mass is 9.98. The van der Waals surface area contributed by atoms with Gasteiger partial charge in [0.05, 0.1) is 2.74 Å². The standard InChI is InChI=1S/C16H22O11/c1-7(17)22-6-12-13(23-8(2)18)14(24-9(3)19)15(25-10(4)20)16(27-12)26-11(5)21/h12-16H,6H2,1-5H3/t12-,13-,14+,15-,16-/m1/s1/i6D2,16D. The van der Waals surface area contributed by atoms with E-state index in [0.29, 0.717) is 0 Å². The molecule has 0 aliphatic carbocycles. The predicted octanol–water partition coefficient (Wildman–Crippen LogP) is -0.367. The zero-order valence-corrected chi connectivity index (χ0v) is 15.3. The molecule has 0 aromatic rings. The molecule has 0 unspecified atom stereocenters. The summed E-state index contributed by atoms with van der Waals surface area (Å²) in [5, 5.41) is 0. The number of rotatable bonds is 6. The molecule has 152 valence electrons. The third kappa shape index (κ3) is 7.21. The Labute approximate surface area is 159 Å². The first-order valence-electron chi connectivity index (χ1n) is 9.17.